The Balaban J connectivity index is 2.07. The smallest absolute Gasteiger partial charge is 0.191 e. The summed E-state index contributed by atoms with van der Waals surface area (Å²) in [7, 11) is 0. The molecule has 1 saturated heterocycles. The summed E-state index contributed by atoms with van der Waals surface area (Å²) >= 11 is 1.32. The van der Waals surface area contributed by atoms with Crippen molar-refractivity contribution in [2.45, 2.75) is 29.7 Å². The monoisotopic (exact) mass is 313 g/mol. The van der Waals surface area contributed by atoms with Crippen molar-refractivity contribution < 1.29 is 20.1 Å². The number of aliphatic hydroxyl groups is 3. The van der Waals surface area contributed by atoms with Crippen molar-refractivity contribution in [2.75, 3.05) is 18.6 Å². The number of fused-ring (bicyclic) bond motifs is 1. The van der Waals surface area contributed by atoms with Gasteiger partial charge in [-0.3, -0.25) is 4.57 Å². The molecule has 21 heavy (non-hydrogen) atoms. The van der Waals surface area contributed by atoms with Crippen molar-refractivity contribution in [3.63, 3.8) is 0 Å². The minimum absolute atomic E-state index is 0.231. The Morgan fingerprint density at radius 2 is 2.14 bits per heavy atom. The number of rotatable bonds is 3. The molecule has 1 fully saturated rings. The molecule has 0 bridgehead atoms. The average molecular weight is 313 g/mol. The number of anilines is 1. The Morgan fingerprint density at radius 3 is 2.76 bits per heavy atom. The largest absolute Gasteiger partial charge is 0.394 e. The topological polar surface area (TPSA) is 140 Å². The molecule has 1 aliphatic rings. The molecule has 2 aromatic heterocycles. The molecule has 3 unspecified atom stereocenters. The fourth-order valence-electron chi connectivity index (χ4n) is 2.30. The van der Waals surface area contributed by atoms with Gasteiger partial charge >= 0.3 is 0 Å². The van der Waals surface area contributed by atoms with Crippen LogP contribution in [0, 0.1) is 0 Å². The number of aromatic nitrogens is 4. The Hall–Kier alpha value is -1.46. The first-order valence-electron chi connectivity index (χ1n) is 6.23. The number of nitrogens with two attached hydrogens (primary N) is 1. The van der Waals surface area contributed by atoms with Gasteiger partial charge in [0.25, 0.3) is 0 Å². The first-order valence-corrected chi connectivity index (χ1v) is 7.45. The lowest BCUT2D eigenvalue weighted by Crippen LogP contribution is -2.33. The third-order valence-electron chi connectivity index (χ3n) is 3.40. The zero-order valence-electron chi connectivity index (χ0n) is 11.1. The molecule has 1 aliphatic heterocycles. The predicted octanol–water partition coefficient (Wildman–Crippen LogP) is -1.26. The molecular weight excluding hydrogens is 298 g/mol. The third-order valence-corrected chi connectivity index (χ3v) is 3.95. The Morgan fingerprint density at radius 1 is 1.38 bits per heavy atom. The van der Waals surface area contributed by atoms with E-state index in [0.29, 0.717) is 16.3 Å². The lowest BCUT2D eigenvalue weighted by Gasteiger charge is -2.16. The molecule has 0 spiro atoms. The SMILES string of the molecule is CSc1nc(N)c2ncn([C@@H]3OC(CO)C(O)C3O)c2n1. The first-order chi connectivity index (χ1) is 10.1. The molecule has 4 atom stereocenters. The van der Waals surface area contributed by atoms with Crippen LogP contribution in [-0.2, 0) is 4.74 Å². The van der Waals surface area contributed by atoms with Crippen LogP contribution < -0.4 is 5.73 Å². The molecule has 0 saturated carbocycles. The van der Waals surface area contributed by atoms with Gasteiger partial charge < -0.3 is 25.8 Å². The molecule has 10 heteroatoms. The van der Waals surface area contributed by atoms with Crippen LogP contribution in [0.15, 0.2) is 11.5 Å². The molecule has 3 rings (SSSR count). The summed E-state index contributed by atoms with van der Waals surface area (Å²) in [5, 5.41) is 29.5. The van der Waals surface area contributed by atoms with Gasteiger partial charge in [-0.05, 0) is 6.26 Å². The minimum Gasteiger partial charge on any atom is -0.394 e. The number of nitrogen functional groups attached to an aromatic ring is 1. The highest BCUT2D eigenvalue weighted by atomic mass is 32.2. The number of imidazole rings is 1. The van der Waals surface area contributed by atoms with Crippen LogP contribution in [-0.4, -0.2) is 66.0 Å². The maximum absolute atomic E-state index is 10.1. The number of thioether (sulfide) groups is 1. The summed E-state index contributed by atoms with van der Waals surface area (Å²) < 4.78 is 6.95. The van der Waals surface area contributed by atoms with E-state index in [1.807, 2.05) is 6.26 Å². The van der Waals surface area contributed by atoms with Crippen molar-refractivity contribution in [1.82, 2.24) is 19.5 Å². The maximum Gasteiger partial charge on any atom is 0.191 e. The lowest BCUT2D eigenvalue weighted by molar-refractivity contribution is -0.0511. The van der Waals surface area contributed by atoms with E-state index in [-0.39, 0.29) is 5.82 Å². The number of aliphatic hydroxyl groups excluding tert-OH is 3. The van der Waals surface area contributed by atoms with Crippen LogP contribution in [0.3, 0.4) is 0 Å². The zero-order chi connectivity index (χ0) is 15.1. The van der Waals surface area contributed by atoms with Crippen LogP contribution in [0.2, 0.25) is 0 Å². The molecule has 0 aromatic carbocycles. The molecule has 0 aliphatic carbocycles. The predicted molar refractivity (Wildman–Crippen MR) is 74.5 cm³/mol. The molecule has 0 radical (unpaired) electrons. The van der Waals surface area contributed by atoms with Gasteiger partial charge in [-0.15, -0.1) is 0 Å². The van der Waals surface area contributed by atoms with Gasteiger partial charge in [0.15, 0.2) is 22.8 Å². The quantitative estimate of drug-likeness (QED) is 0.404. The van der Waals surface area contributed by atoms with Crippen molar-refractivity contribution in [2.24, 2.45) is 0 Å². The molecule has 3 heterocycles. The van der Waals surface area contributed by atoms with Gasteiger partial charge in [0.1, 0.15) is 23.8 Å². The van der Waals surface area contributed by atoms with Crippen molar-refractivity contribution >= 4 is 28.7 Å². The molecular formula is C11H15N5O4S. The second-order valence-electron chi connectivity index (χ2n) is 4.65. The van der Waals surface area contributed by atoms with Crippen molar-refractivity contribution in [3.05, 3.63) is 6.33 Å². The highest BCUT2D eigenvalue weighted by molar-refractivity contribution is 7.98. The van der Waals surface area contributed by atoms with Crippen LogP contribution in [0.25, 0.3) is 11.2 Å². The van der Waals surface area contributed by atoms with Crippen molar-refractivity contribution in [1.29, 1.82) is 0 Å². The van der Waals surface area contributed by atoms with Gasteiger partial charge in [-0.25, -0.2) is 15.0 Å². The standard InChI is InChI=1S/C11H15N5O4S/c1-21-11-14-8(12)5-9(15-11)16(3-13-5)10-7(19)6(18)4(2-17)20-10/h3-4,6-7,10,17-19H,2H2,1H3,(H2,12,14,15)/t4?,6?,7?,10-/m1/s1. The van der Waals surface area contributed by atoms with E-state index in [4.69, 9.17) is 15.6 Å². The lowest BCUT2D eigenvalue weighted by atomic mass is 10.1. The second kappa shape index (κ2) is 5.39. The maximum atomic E-state index is 10.1. The van der Waals surface area contributed by atoms with E-state index in [1.165, 1.54) is 22.7 Å². The number of hydrogen-bond donors (Lipinski definition) is 4. The molecule has 9 nitrogen and oxygen atoms in total. The first kappa shape index (κ1) is 14.5. The van der Waals surface area contributed by atoms with Crippen LogP contribution in [0.4, 0.5) is 5.82 Å². The fourth-order valence-corrected chi connectivity index (χ4v) is 2.67. The van der Waals surface area contributed by atoms with E-state index in [9.17, 15) is 10.2 Å². The molecule has 2 aromatic rings. The number of ether oxygens (including phenoxy) is 1. The summed E-state index contributed by atoms with van der Waals surface area (Å²) in [6, 6.07) is 0. The highest BCUT2D eigenvalue weighted by Crippen LogP contribution is 2.32. The van der Waals surface area contributed by atoms with Gasteiger partial charge in [-0.2, -0.15) is 0 Å². The minimum atomic E-state index is -1.20. The van der Waals surface area contributed by atoms with Gasteiger partial charge in [0, 0.05) is 0 Å². The molecule has 0 amide bonds. The zero-order valence-corrected chi connectivity index (χ0v) is 11.9. The normalized spacial score (nSPS) is 29.3. The third kappa shape index (κ3) is 2.24. The van der Waals surface area contributed by atoms with E-state index >= 15 is 0 Å². The summed E-state index contributed by atoms with van der Waals surface area (Å²) in [6.45, 7) is -0.394. The number of nitrogens with zero attached hydrogens (tertiary/aromatic N) is 4. The summed E-state index contributed by atoms with van der Waals surface area (Å²) in [4.78, 5) is 12.5. The Labute approximate surface area is 123 Å². The Bertz CT molecular complexity index is 665. The summed E-state index contributed by atoms with van der Waals surface area (Å²) in [6.07, 6.45) is -0.911. The van der Waals surface area contributed by atoms with E-state index in [1.54, 1.807) is 0 Å². The average Bonchev–Trinajstić information content (AvgIpc) is 3.02. The van der Waals surface area contributed by atoms with Crippen LogP contribution >= 0.6 is 11.8 Å². The fraction of sp³-hybridized carbons (Fsp3) is 0.545. The van der Waals surface area contributed by atoms with Gasteiger partial charge in [-0.1, -0.05) is 11.8 Å². The molecule has 5 N–H and O–H groups in total. The highest BCUT2D eigenvalue weighted by Gasteiger charge is 2.44. The number of hydrogen-bond acceptors (Lipinski definition) is 9. The van der Waals surface area contributed by atoms with Crippen molar-refractivity contribution in [3.8, 4) is 0 Å². The Kier molecular flexibility index (Phi) is 3.71. The second-order valence-corrected chi connectivity index (χ2v) is 5.42. The van der Waals surface area contributed by atoms with E-state index in [0.717, 1.165) is 0 Å². The van der Waals surface area contributed by atoms with Crippen LogP contribution in [0.5, 0.6) is 0 Å². The van der Waals surface area contributed by atoms with E-state index < -0.39 is 31.1 Å². The summed E-state index contributed by atoms with van der Waals surface area (Å²) in [5.41, 5.74) is 6.63. The van der Waals surface area contributed by atoms with Crippen LogP contribution in [0.1, 0.15) is 6.23 Å². The van der Waals surface area contributed by atoms with Gasteiger partial charge in [0.05, 0.1) is 12.9 Å². The van der Waals surface area contributed by atoms with E-state index in [2.05, 4.69) is 15.0 Å². The van der Waals surface area contributed by atoms with Gasteiger partial charge in [0.2, 0.25) is 0 Å². The molecule has 114 valence electrons. The summed E-state index contributed by atoms with van der Waals surface area (Å²) in [5.74, 6) is 0.231.